The van der Waals surface area contributed by atoms with Gasteiger partial charge in [0.2, 0.25) is 5.91 Å². The molecule has 1 aliphatic carbocycles. The van der Waals surface area contributed by atoms with Crippen molar-refractivity contribution in [2.75, 3.05) is 14.2 Å². The fraction of sp³-hybridized carbons (Fsp3) is 0.407. The molecule has 0 unspecified atom stereocenters. The number of ether oxygens (including phenoxy) is 2. The van der Waals surface area contributed by atoms with Gasteiger partial charge in [0.15, 0.2) is 0 Å². The van der Waals surface area contributed by atoms with Crippen molar-refractivity contribution in [1.82, 2.24) is 14.8 Å². The number of carbonyl (C=O) groups is 2. The minimum absolute atomic E-state index is 0.113. The highest BCUT2D eigenvalue weighted by molar-refractivity contribution is 6.05. The number of nitrogens with one attached hydrogen (secondary N) is 1. The number of hydrogen-bond acceptors (Lipinski definition) is 4. The number of methoxy groups -OCH3 is 2. The van der Waals surface area contributed by atoms with Crippen molar-refractivity contribution in [3.8, 4) is 11.5 Å². The van der Waals surface area contributed by atoms with Crippen molar-refractivity contribution in [3.05, 3.63) is 59.8 Å². The third-order valence-corrected chi connectivity index (χ3v) is 7.31. The molecule has 2 aromatic carbocycles. The van der Waals surface area contributed by atoms with Gasteiger partial charge in [0, 0.05) is 18.0 Å². The number of rotatable bonds is 6. The largest absolute Gasteiger partial charge is 0.496 e. The molecule has 0 bridgehead atoms. The molecule has 1 N–H and O–H groups in total. The summed E-state index contributed by atoms with van der Waals surface area (Å²) in [5.41, 5.74) is 1.21. The van der Waals surface area contributed by atoms with Crippen LogP contribution >= 0.6 is 0 Å². The fourth-order valence-corrected chi connectivity index (χ4v) is 5.38. The van der Waals surface area contributed by atoms with E-state index in [1.54, 1.807) is 19.1 Å². The second kappa shape index (κ2) is 8.70. The van der Waals surface area contributed by atoms with Gasteiger partial charge in [-0.05, 0) is 43.5 Å². The maximum atomic E-state index is 14.0. The van der Waals surface area contributed by atoms with E-state index in [9.17, 15) is 9.59 Å². The molecule has 7 nitrogen and oxygen atoms in total. The highest BCUT2D eigenvalue weighted by atomic mass is 16.5. The predicted octanol–water partition coefficient (Wildman–Crippen LogP) is 4.13. The molecule has 0 spiro atoms. The van der Waals surface area contributed by atoms with Crippen molar-refractivity contribution in [2.45, 2.75) is 57.3 Å². The summed E-state index contributed by atoms with van der Waals surface area (Å²) in [7, 11) is 3.22. The summed E-state index contributed by atoms with van der Waals surface area (Å²) in [5, 5.41) is 4.04. The van der Waals surface area contributed by atoms with Crippen molar-refractivity contribution >= 4 is 22.7 Å². The number of hydrogen-bond donors (Lipinski definition) is 1. The molecule has 34 heavy (non-hydrogen) atoms. The van der Waals surface area contributed by atoms with Gasteiger partial charge in [-0.25, -0.2) is 0 Å². The average molecular weight is 462 g/mol. The highest BCUT2D eigenvalue weighted by Gasteiger charge is 2.48. The van der Waals surface area contributed by atoms with Crippen molar-refractivity contribution in [2.24, 2.45) is 0 Å². The zero-order valence-corrected chi connectivity index (χ0v) is 20.0. The summed E-state index contributed by atoms with van der Waals surface area (Å²) in [6.07, 6.45) is 4.21. The Hall–Kier alpha value is -3.48. The van der Waals surface area contributed by atoms with E-state index in [1.165, 1.54) is 0 Å². The molecule has 178 valence electrons. The molecule has 1 aliphatic heterocycles. The van der Waals surface area contributed by atoms with Gasteiger partial charge in [-0.1, -0.05) is 43.2 Å². The number of fused-ring (bicyclic) bond motifs is 3. The lowest BCUT2D eigenvalue weighted by Crippen LogP contribution is -2.64. The van der Waals surface area contributed by atoms with E-state index in [0.29, 0.717) is 30.3 Å². The summed E-state index contributed by atoms with van der Waals surface area (Å²) in [6, 6.07) is 15.5. The van der Waals surface area contributed by atoms with Gasteiger partial charge in [-0.15, -0.1) is 0 Å². The molecule has 1 fully saturated rings. The van der Waals surface area contributed by atoms with E-state index < -0.39 is 5.54 Å². The van der Waals surface area contributed by atoms with E-state index in [-0.39, 0.29) is 17.9 Å². The van der Waals surface area contributed by atoms with Gasteiger partial charge >= 0.3 is 0 Å². The van der Waals surface area contributed by atoms with Crippen LogP contribution in [0.15, 0.2) is 48.5 Å². The van der Waals surface area contributed by atoms with Gasteiger partial charge in [-0.2, -0.15) is 0 Å². The number of nitrogens with zero attached hydrogens (tertiary/aromatic N) is 2. The standard InChI is InChI=1S/C27H31N3O4/c1-27(26(32)28-19-11-7-8-12-19)17-29-21(25(31)30(27)16-18-9-5-4-6-10-18)15-20-22(33-2)13-14-23(34-3)24(20)29/h4-6,9-10,13-15,19H,7-8,11-12,16-17H2,1-3H3,(H,28,32)/t27-/m1/s1. The first-order valence-corrected chi connectivity index (χ1v) is 11.9. The van der Waals surface area contributed by atoms with Gasteiger partial charge in [0.25, 0.3) is 5.91 Å². The van der Waals surface area contributed by atoms with E-state index in [2.05, 4.69) is 5.32 Å². The molecule has 2 amide bonds. The number of carbonyl (C=O) groups excluding carboxylic acids is 2. The third-order valence-electron chi connectivity index (χ3n) is 7.31. The van der Waals surface area contributed by atoms with Crippen LogP contribution in [-0.4, -0.2) is 47.1 Å². The molecule has 2 heterocycles. The van der Waals surface area contributed by atoms with Crippen LogP contribution in [-0.2, 0) is 17.9 Å². The van der Waals surface area contributed by atoms with Gasteiger partial charge in [-0.3, -0.25) is 9.59 Å². The van der Waals surface area contributed by atoms with E-state index >= 15 is 0 Å². The fourth-order valence-electron chi connectivity index (χ4n) is 5.38. The molecule has 0 radical (unpaired) electrons. The predicted molar refractivity (Wildman–Crippen MR) is 130 cm³/mol. The van der Waals surface area contributed by atoms with Crippen molar-refractivity contribution < 1.29 is 19.1 Å². The first-order chi connectivity index (χ1) is 16.5. The van der Waals surface area contributed by atoms with Crippen LogP contribution in [0.3, 0.4) is 0 Å². The molecular weight excluding hydrogens is 430 g/mol. The number of benzene rings is 2. The zero-order valence-electron chi connectivity index (χ0n) is 20.0. The van der Waals surface area contributed by atoms with E-state index in [4.69, 9.17) is 9.47 Å². The molecule has 2 aliphatic rings. The molecule has 7 heteroatoms. The Morgan fingerprint density at radius 3 is 2.41 bits per heavy atom. The Morgan fingerprint density at radius 1 is 1.06 bits per heavy atom. The third kappa shape index (κ3) is 3.59. The molecule has 1 atom stereocenters. The maximum Gasteiger partial charge on any atom is 0.271 e. The molecule has 3 aromatic rings. The minimum Gasteiger partial charge on any atom is -0.496 e. The van der Waals surface area contributed by atoms with Gasteiger partial charge in [0.1, 0.15) is 22.7 Å². The summed E-state index contributed by atoms with van der Waals surface area (Å²) in [5.74, 6) is 1.01. The number of aromatic nitrogens is 1. The topological polar surface area (TPSA) is 72.8 Å². The van der Waals surface area contributed by atoms with Crippen LogP contribution in [0.4, 0.5) is 0 Å². The van der Waals surface area contributed by atoms with Crippen LogP contribution in [0.5, 0.6) is 11.5 Å². The number of amides is 2. The lowest BCUT2D eigenvalue weighted by Gasteiger charge is -2.44. The van der Waals surface area contributed by atoms with Crippen LogP contribution in [0.25, 0.3) is 10.9 Å². The SMILES string of the molecule is COc1ccc(OC)c2c1cc1n2C[C@](C)(C(=O)NC2CCCC2)N(Cc2ccccc2)C1=O. The molecule has 1 aromatic heterocycles. The lowest BCUT2D eigenvalue weighted by atomic mass is 9.93. The summed E-state index contributed by atoms with van der Waals surface area (Å²) < 4.78 is 13.1. The average Bonchev–Trinajstić information content (AvgIpc) is 3.50. The summed E-state index contributed by atoms with van der Waals surface area (Å²) >= 11 is 0. The second-order valence-corrected chi connectivity index (χ2v) is 9.45. The van der Waals surface area contributed by atoms with Crippen LogP contribution in [0.1, 0.15) is 48.7 Å². The Kier molecular flexibility index (Phi) is 5.71. The Bertz CT molecular complexity index is 1230. The maximum absolute atomic E-state index is 14.0. The van der Waals surface area contributed by atoms with Crippen molar-refractivity contribution in [3.63, 3.8) is 0 Å². The Balaban J connectivity index is 1.64. The van der Waals surface area contributed by atoms with Gasteiger partial charge in [0.05, 0.1) is 26.3 Å². The molecular formula is C27H31N3O4. The Morgan fingerprint density at radius 2 is 1.74 bits per heavy atom. The first-order valence-electron chi connectivity index (χ1n) is 11.9. The first kappa shape index (κ1) is 22.3. The van der Waals surface area contributed by atoms with Crippen LogP contribution in [0.2, 0.25) is 0 Å². The van der Waals surface area contributed by atoms with E-state index in [0.717, 1.165) is 42.1 Å². The second-order valence-electron chi connectivity index (χ2n) is 9.45. The zero-order chi connectivity index (χ0) is 23.9. The minimum atomic E-state index is -1.07. The smallest absolute Gasteiger partial charge is 0.271 e. The quantitative estimate of drug-likeness (QED) is 0.599. The van der Waals surface area contributed by atoms with E-state index in [1.807, 2.05) is 60.0 Å². The lowest BCUT2D eigenvalue weighted by molar-refractivity contribution is -0.133. The summed E-state index contributed by atoms with van der Waals surface area (Å²) in [6.45, 7) is 2.55. The highest BCUT2D eigenvalue weighted by Crippen LogP contribution is 2.40. The molecule has 5 rings (SSSR count). The Labute approximate surface area is 199 Å². The van der Waals surface area contributed by atoms with Crippen LogP contribution < -0.4 is 14.8 Å². The summed E-state index contributed by atoms with van der Waals surface area (Å²) in [4.78, 5) is 29.5. The van der Waals surface area contributed by atoms with Crippen molar-refractivity contribution in [1.29, 1.82) is 0 Å². The monoisotopic (exact) mass is 461 g/mol. The van der Waals surface area contributed by atoms with Crippen LogP contribution in [0, 0.1) is 0 Å². The normalized spacial score (nSPS) is 20.4. The molecule has 1 saturated carbocycles. The molecule has 0 saturated heterocycles. The van der Waals surface area contributed by atoms with Gasteiger partial charge < -0.3 is 24.3 Å².